The number of nitrogens with one attached hydrogen (secondary N) is 1. The van der Waals surface area contributed by atoms with Gasteiger partial charge in [-0.05, 0) is 63.0 Å². The first-order chi connectivity index (χ1) is 12.3. The van der Waals surface area contributed by atoms with Crippen LogP contribution in [0.5, 0.6) is 0 Å². The van der Waals surface area contributed by atoms with Crippen LogP contribution < -0.4 is 5.32 Å². The van der Waals surface area contributed by atoms with E-state index in [0.29, 0.717) is 0 Å². The Balaban J connectivity index is 1.29. The minimum Gasteiger partial charge on any atom is -0.356 e. The lowest BCUT2D eigenvalue weighted by Gasteiger charge is -2.31. The number of hydrogen-bond donors (Lipinski definition) is 1. The Labute approximate surface area is 150 Å². The molecule has 0 aliphatic carbocycles. The molecule has 0 atom stereocenters. The van der Waals surface area contributed by atoms with E-state index in [1.54, 1.807) is 0 Å². The normalized spacial score (nSPS) is 16.0. The van der Waals surface area contributed by atoms with Crippen LogP contribution in [0.15, 0.2) is 54.9 Å². The number of likely N-dealkylation sites (tertiary alicyclic amines) is 1. The van der Waals surface area contributed by atoms with Crippen LogP contribution in [0.3, 0.4) is 0 Å². The quantitative estimate of drug-likeness (QED) is 0.803. The molecule has 134 valence electrons. The summed E-state index contributed by atoms with van der Waals surface area (Å²) in [5.41, 5.74) is 1.28. The molecular weight excluding hydrogens is 310 g/mol. The van der Waals surface area contributed by atoms with E-state index in [0.717, 1.165) is 52.0 Å². The van der Waals surface area contributed by atoms with Crippen LogP contribution in [-0.2, 0) is 17.8 Å². The molecule has 1 fully saturated rings. The molecule has 4 heteroatoms. The van der Waals surface area contributed by atoms with E-state index in [2.05, 4.69) is 51.4 Å². The summed E-state index contributed by atoms with van der Waals surface area (Å²) in [5.74, 6) is 0.430. The molecule has 2 heterocycles. The number of aromatic nitrogens is 1. The number of amides is 1. The summed E-state index contributed by atoms with van der Waals surface area (Å²) >= 11 is 0. The van der Waals surface area contributed by atoms with Gasteiger partial charge >= 0.3 is 0 Å². The highest BCUT2D eigenvalue weighted by atomic mass is 16.1. The van der Waals surface area contributed by atoms with Gasteiger partial charge in [0.05, 0.1) is 0 Å². The van der Waals surface area contributed by atoms with Crippen molar-refractivity contribution in [1.29, 1.82) is 0 Å². The first-order valence-electron chi connectivity index (χ1n) is 9.46. The van der Waals surface area contributed by atoms with E-state index in [4.69, 9.17) is 0 Å². The summed E-state index contributed by atoms with van der Waals surface area (Å²) in [5, 5.41) is 3.12. The number of piperidine rings is 1. The third-order valence-corrected chi connectivity index (χ3v) is 5.07. The predicted molar refractivity (Wildman–Crippen MR) is 101 cm³/mol. The maximum atomic E-state index is 12.3. The number of aryl methyl sites for hydroxylation is 1. The number of rotatable bonds is 8. The largest absolute Gasteiger partial charge is 0.356 e. The Kier molecular flexibility index (Phi) is 6.69. The second-order valence-corrected chi connectivity index (χ2v) is 6.92. The second-order valence-electron chi connectivity index (χ2n) is 6.92. The first-order valence-corrected chi connectivity index (χ1v) is 9.46. The van der Waals surface area contributed by atoms with Crippen molar-refractivity contribution in [3.05, 3.63) is 60.4 Å². The summed E-state index contributed by atoms with van der Waals surface area (Å²) in [6.07, 6.45) is 8.28. The van der Waals surface area contributed by atoms with Crippen molar-refractivity contribution in [1.82, 2.24) is 14.8 Å². The van der Waals surface area contributed by atoms with E-state index >= 15 is 0 Å². The highest BCUT2D eigenvalue weighted by Crippen LogP contribution is 2.17. The molecule has 1 N–H and O–H groups in total. The summed E-state index contributed by atoms with van der Waals surface area (Å²) in [6, 6.07) is 14.5. The van der Waals surface area contributed by atoms with Crippen molar-refractivity contribution in [3.8, 4) is 0 Å². The first kappa shape index (κ1) is 17.7. The van der Waals surface area contributed by atoms with E-state index in [-0.39, 0.29) is 11.8 Å². The van der Waals surface area contributed by atoms with Gasteiger partial charge in [-0.3, -0.25) is 4.79 Å². The van der Waals surface area contributed by atoms with Crippen LogP contribution in [0.1, 0.15) is 24.8 Å². The van der Waals surface area contributed by atoms with Crippen molar-refractivity contribution >= 4 is 5.91 Å². The highest BCUT2D eigenvalue weighted by Gasteiger charge is 2.24. The van der Waals surface area contributed by atoms with Gasteiger partial charge in [0.1, 0.15) is 0 Å². The minimum atomic E-state index is 0.191. The molecular formula is C21H29N3O. The monoisotopic (exact) mass is 339 g/mol. The van der Waals surface area contributed by atoms with Crippen molar-refractivity contribution < 1.29 is 4.79 Å². The van der Waals surface area contributed by atoms with Gasteiger partial charge in [0.2, 0.25) is 5.91 Å². The molecule has 1 aliphatic rings. The van der Waals surface area contributed by atoms with Crippen molar-refractivity contribution in [2.45, 2.75) is 32.2 Å². The lowest BCUT2D eigenvalue weighted by atomic mass is 9.95. The summed E-state index contributed by atoms with van der Waals surface area (Å²) < 4.78 is 2.23. The molecule has 2 aromatic rings. The van der Waals surface area contributed by atoms with Crippen LogP contribution in [0.25, 0.3) is 0 Å². The van der Waals surface area contributed by atoms with E-state index in [1.807, 2.05) is 18.2 Å². The smallest absolute Gasteiger partial charge is 0.223 e. The fourth-order valence-corrected chi connectivity index (χ4v) is 3.53. The molecule has 0 unspecified atom stereocenters. The van der Waals surface area contributed by atoms with Gasteiger partial charge in [0, 0.05) is 31.4 Å². The molecule has 0 bridgehead atoms. The summed E-state index contributed by atoms with van der Waals surface area (Å²) in [7, 11) is 0. The molecule has 3 rings (SSSR count). The van der Waals surface area contributed by atoms with Gasteiger partial charge in [-0.1, -0.05) is 30.3 Å². The van der Waals surface area contributed by atoms with Gasteiger partial charge in [0.25, 0.3) is 0 Å². The third-order valence-electron chi connectivity index (χ3n) is 5.07. The van der Waals surface area contributed by atoms with Crippen LogP contribution in [-0.4, -0.2) is 41.6 Å². The van der Waals surface area contributed by atoms with Crippen molar-refractivity contribution in [2.24, 2.45) is 5.92 Å². The van der Waals surface area contributed by atoms with Gasteiger partial charge in [0.15, 0.2) is 0 Å². The van der Waals surface area contributed by atoms with Crippen LogP contribution >= 0.6 is 0 Å². The molecule has 4 nitrogen and oxygen atoms in total. The molecule has 0 spiro atoms. The third kappa shape index (κ3) is 5.75. The zero-order chi connectivity index (χ0) is 17.3. The van der Waals surface area contributed by atoms with E-state index in [1.165, 1.54) is 12.0 Å². The Morgan fingerprint density at radius 3 is 2.44 bits per heavy atom. The Morgan fingerprint density at radius 2 is 1.72 bits per heavy atom. The van der Waals surface area contributed by atoms with Crippen LogP contribution in [0, 0.1) is 5.92 Å². The second kappa shape index (κ2) is 9.42. The molecule has 0 saturated carbocycles. The molecule has 1 amide bonds. The number of carbonyl (C=O) groups is 1. The van der Waals surface area contributed by atoms with Gasteiger partial charge < -0.3 is 14.8 Å². The number of benzene rings is 1. The maximum absolute atomic E-state index is 12.3. The molecule has 1 aromatic heterocycles. The zero-order valence-corrected chi connectivity index (χ0v) is 14.9. The van der Waals surface area contributed by atoms with Crippen molar-refractivity contribution in [2.75, 3.05) is 26.2 Å². The number of nitrogens with zero attached hydrogens (tertiary/aromatic N) is 2. The summed E-state index contributed by atoms with van der Waals surface area (Å²) in [6.45, 7) is 5.03. The highest BCUT2D eigenvalue weighted by molar-refractivity contribution is 5.78. The lowest BCUT2D eigenvalue weighted by molar-refractivity contribution is -0.126. The molecule has 1 aliphatic heterocycles. The molecule has 1 saturated heterocycles. The molecule has 25 heavy (non-hydrogen) atoms. The maximum Gasteiger partial charge on any atom is 0.223 e. The fraction of sp³-hybridized carbons (Fsp3) is 0.476. The predicted octanol–water partition coefficient (Wildman–Crippen LogP) is 2.95. The average molecular weight is 339 g/mol. The molecule has 1 aromatic carbocycles. The van der Waals surface area contributed by atoms with Crippen LogP contribution in [0.4, 0.5) is 0 Å². The average Bonchev–Trinajstić information content (AvgIpc) is 3.16. The van der Waals surface area contributed by atoms with Crippen LogP contribution in [0.2, 0.25) is 0 Å². The van der Waals surface area contributed by atoms with Gasteiger partial charge in [-0.2, -0.15) is 0 Å². The Hall–Kier alpha value is -2.07. The van der Waals surface area contributed by atoms with Gasteiger partial charge in [-0.25, -0.2) is 0 Å². The van der Waals surface area contributed by atoms with E-state index in [9.17, 15) is 4.79 Å². The van der Waals surface area contributed by atoms with E-state index < -0.39 is 0 Å². The SMILES string of the molecule is O=C(NCCc1ccccc1)C1CCN(CCCn2cccc2)CC1. The summed E-state index contributed by atoms with van der Waals surface area (Å²) in [4.78, 5) is 14.8. The van der Waals surface area contributed by atoms with Crippen molar-refractivity contribution in [3.63, 3.8) is 0 Å². The number of hydrogen-bond acceptors (Lipinski definition) is 2. The standard InChI is InChI=1S/C21H29N3O/c25-21(22-12-9-19-7-2-1-3-8-19)20-10-17-24(18-11-20)16-6-15-23-13-4-5-14-23/h1-5,7-8,13-14,20H,6,9-12,15-18H2,(H,22,25). The zero-order valence-electron chi connectivity index (χ0n) is 14.9. The fourth-order valence-electron chi connectivity index (χ4n) is 3.53. The van der Waals surface area contributed by atoms with Gasteiger partial charge in [-0.15, -0.1) is 0 Å². The topological polar surface area (TPSA) is 37.3 Å². The Bertz CT molecular complexity index is 616. The minimum absolute atomic E-state index is 0.191. The Morgan fingerprint density at radius 1 is 1.00 bits per heavy atom. The molecule has 0 radical (unpaired) electrons. The lowest BCUT2D eigenvalue weighted by Crippen LogP contribution is -2.41. The number of carbonyl (C=O) groups excluding carboxylic acids is 1.